The van der Waals surface area contributed by atoms with Gasteiger partial charge in [-0.25, -0.2) is 14.6 Å². The highest BCUT2D eigenvalue weighted by Gasteiger charge is 2.18. The molecule has 5 aromatic rings. The zero-order valence-corrected chi connectivity index (χ0v) is 17.5. The van der Waals surface area contributed by atoms with Gasteiger partial charge in [0.1, 0.15) is 0 Å². The molecule has 0 fully saturated rings. The Balaban J connectivity index is 1.59. The maximum atomic E-state index is 13.3. The van der Waals surface area contributed by atoms with Crippen LogP contribution in [0.4, 0.5) is 5.69 Å². The molecule has 0 aliphatic carbocycles. The Morgan fingerprint density at radius 2 is 1.87 bits per heavy atom. The summed E-state index contributed by atoms with van der Waals surface area (Å²) in [6, 6.07) is 13.5. The molecule has 0 saturated carbocycles. The number of pyridine rings is 2. The third-order valence-electron chi connectivity index (χ3n) is 5.34. The van der Waals surface area contributed by atoms with Crippen LogP contribution in [0.15, 0.2) is 54.9 Å². The normalized spacial score (nSPS) is 11.3. The first kappa shape index (κ1) is 18.9. The molecule has 4 aromatic heterocycles. The molecule has 0 radical (unpaired) electrons. The first-order chi connectivity index (χ1) is 15.0. The minimum Gasteiger partial charge on any atom is -0.321 e. The van der Waals surface area contributed by atoms with Crippen LogP contribution in [-0.2, 0) is 13.6 Å². The number of anilines is 1. The largest absolute Gasteiger partial charge is 0.321 e. The number of carbonyl (C=O) groups excluding carboxylic acids is 1. The van der Waals surface area contributed by atoms with E-state index in [1.807, 2.05) is 63.4 Å². The van der Waals surface area contributed by atoms with Crippen molar-refractivity contribution in [2.75, 3.05) is 5.32 Å². The molecule has 0 atom stereocenters. The second kappa shape index (κ2) is 7.32. The number of hydrogen-bond acceptors (Lipinski definition) is 5. The summed E-state index contributed by atoms with van der Waals surface area (Å²) in [7, 11) is 1.85. The summed E-state index contributed by atoms with van der Waals surface area (Å²) >= 11 is 0. The van der Waals surface area contributed by atoms with E-state index in [2.05, 4.69) is 20.5 Å². The lowest BCUT2D eigenvalue weighted by molar-refractivity contribution is 0.102. The molecule has 8 heteroatoms. The van der Waals surface area contributed by atoms with E-state index in [1.165, 1.54) is 0 Å². The maximum Gasteiger partial charge on any atom is 0.256 e. The third-order valence-corrected chi connectivity index (χ3v) is 5.34. The molecular formula is C23H21N7O. The van der Waals surface area contributed by atoms with Crippen LogP contribution in [0, 0.1) is 6.92 Å². The van der Waals surface area contributed by atoms with Crippen molar-refractivity contribution in [2.45, 2.75) is 20.4 Å². The van der Waals surface area contributed by atoms with Crippen LogP contribution < -0.4 is 5.32 Å². The lowest BCUT2D eigenvalue weighted by Gasteiger charge is -2.09. The fraction of sp³-hybridized carbons (Fsp3) is 0.174. The van der Waals surface area contributed by atoms with Gasteiger partial charge in [0, 0.05) is 24.5 Å². The van der Waals surface area contributed by atoms with E-state index in [0.29, 0.717) is 28.8 Å². The van der Waals surface area contributed by atoms with E-state index in [9.17, 15) is 4.79 Å². The number of rotatable bonds is 4. The van der Waals surface area contributed by atoms with Crippen LogP contribution in [0.25, 0.3) is 33.3 Å². The molecule has 4 heterocycles. The first-order valence-electron chi connectivity index (χ1n) is 10.1. The smallest absolute Gasteiger partial charge is 0.256 e. The van der Waals surface area contributed by atoms with Crippen molar-refractivity contribution in [3.05, 3.63) is 66.1 Å². The second-order valence-electron chi connectivity index (χ2n) is 7.38. The number of carbonyl (C=O) groups is 1. The van der Waals surface area contributed by atoms with Gasteiger partial charge < -0.3 is 5.32 Å². The molecular weight excluding hydrogens is 390 g/mol. The molecule has 0 aliphatic heterocycles. The van der Waals surface area contributed by atoms with Gasteiger partial charge in [-0.05, 0) is 26.0 Å². The lowest BCUT2D eigenvalue weighted by atomic mass is 10.1. The Hall–Kier alpha value is -4.07. The first-order valence-corrected chi connectivity index (χ1v) is 10.1. The molecule has 0 spiro atoms. The Kier molecular flexibility index (Phi) is 4.47. The van der Waals surface area contributed by atoms with Crippen molar-refractivity contribution < 1.29 is 4.79 Å². The number of aryl methyl sites for hydroxylation is 3. The molecule has 0 aliphatic rings. The maximum absolute atomic E-state index is 13.3. The molecule has 0 saturated heterocycles. The van der Waals surface area contributed by atoms with Gasteiger partial charge in [-0.15, -0.1) is 0 Å². The summed E-state index contributed by atoms with van der Waals surface area (Å²) < 4.78 is 3.53. The minimum absolute atomic E-state index is 0.233. The van der Waals surface area contributed by atoms with Crippen molar-refractivity contribution in [1.29, 1.82) is 0 Å². The highest BCUT2D eigenvalue weighted by Crippen LogP contribution is 2.26. The van der Waals surface area contributed by atoms with Crippen molar-refractivity contribution in [1.82, 2.24) is 29.5 Å². The Morgan fingerprint density at radius 1 is 1.06 bits per heavy atom. The average Bonchev–Trinajstić information content (AvgIpc) is 3.33. The molecule has 1 N–H and O–H groups in total. The minimum atomic E-state index is -0.233. The lowest BCUT2D eigenvalue weighted by Crippen LogP contribution is -2.13. The van der Waals surface area contributed by atoms with Crippen molar-refractivity contribution >= 4 is 33.7 Å². The van der Waals surface area contributed by atoms with Gasteiger partial charge >= 0.3 is 0 Å². The zero-order chi connectivity index (χ0) is 21.5. The monoisotopic (exact) mass is 411 g/mol. The van der Waals surface area contributed by atoms with E-state index in [-0.39, 0.29) is 5.91 Å². The van der Waals surface area contributed by atoms with E-state index in [1.54, 1.807) is 21.8 Å². The summed E-state index contributed by atoms with van der Waals surface area (Å²) in [5.74, 6) is -0.233. The van der Waals surface area contributed by atoms with Crippen molar-refractivity contribution in [3.63, 3.8) is 0 Å². The number of nitrogens with one attached hydrogen (secondary N) is 1. The van der Waals surface area contributed by atoms with Crippen LogP contribution in [0.5, 0.6) is 0 Å². The predicted molar refractivity (Wildman–Crippen MR) is 120 cm³/mol. The number of aromatic nitrogens is 6. The van der Waals surface area contributed by atoms with E-state index < -0.39 is 0 Å². The van der Waals surface area contributed by atoms with Gasteiger partial charge in [0.2, 0.25) is 0 Å². The molecule has 1 aromatic carbocycles. The highest BCUT2D eigenvalue weighted by molar-refractivity contribution is 6.13. The molecule has 0 unspecified atom stereocenters. The fourth-order valence-corrected chi connectivity index (χ4v) is 3.80. The summed E-state index contributed by atoms with van der Waals surface area (Å²) in [6.07, 6.45) is 3.34. The van der Waals surface area contributed by atoms with Gasteiger partial charge in [-0.1, -0.05) is 30.3 Å². The molecule has 1 amide bonds. The molecule has 0 bridgehead atoms. The van der Waals surface area contributed by atoms with Gasteiger partial charge in [0.25, 0.3) is 5.91 Å². The molecule has 8 nitrogen and oxygen atoms in total. The predicted octanol–water partition coefficient (Wildman–Crippen LogP) is 3.96. The van der Waals surface area contributed by atoms with Crippen molar-refractivity contribution in [2.24, 2.45) is 7.05 Å². The van der Waals surface area contributed by atoms with E-state index in [4.69, 9.17) is 4.98 Å². The summed E-state index contributed by atoms with van der Waals surface area (Å²) in [6.45, 7) is 4.59. The zero-order valence-electron chi connectivity index (χ0n) is 17.5. The second-order valence-corrected chi connectivity index (χ2v) is 7.38. The van der Waals surface area contributed by atoms with E-state index >= 15 is 0 Å². The third kappa shape index (κ3) is 3.22. The summed E-state index contributed by atoms with van der Waals surface area (Å²) in [5.41, 5.74) is 5.13. The van der Waals surface area contributed by atoms with Crippen LogP contribution in [0.3, 0.4) is 0 Å². The molecule has 5 rings (SSSR count). The Bertz CT molecular complexity index is 1430. The SMILES string of the molecule is CCn1ncc2c(C(=O)Nc3cnc4c(c3)c(C)nn4C)cc(-c3ccccc3)nc21. The topological polar surface area (TPSA) is 90.5 Å². The number of amides is 1. The quantitative estimate of drug-likeness (QED) is 0.483. The average molecular weight is 411 g/mol. The summed E-state index contributed by atoms with van der Waals surface area (Å²) in [4.78, 5) is 22.5. The summed E-state index contributed by atoms with van der Waals surface area (Å²) in [5, 5.41) is 13.4. The molecule has 154 valence electrons. The highest BCUT2D eigenvalue weighted by atomic mass is 16.1. The van der Waals surface area contributed by atoms with Gasteiger partial charge in [0.05, 0.1) is 40.4 Å². The Labute approximate surface area is 178 Å². The number of nitrogens with zero attached hydrogens (tertiary/aromatic N) is 6. The van der Waals surface area contributed by atoms with Gasteiger partial charge in [-0.2, -0.15) is 10.2 Å². The number of fused-ring (bicyclic) bond motifs is 2. The fourth-order valence-electron chi connectivity index (χ4n) is 3.80. The van der Waals surface area contributed by atoms with Crippen LogP contribution >= 0.6 is 0 Å². The van der Waals surface area contributed by atoms with Gasteiger partial charge in [-0.3, -0.25) is 9.48 Å². The standard InChI is InChI=1S/C23H21N7O/c1-4-30-22-19(13-25-30)18(11-20(27-22)15-8-6-5-7-9-15)23(31)26-16-10-17-14(2)28-29(3)21(17)24-12-16/h5-13H,4H2,1-3H3,(H,26,31). The number of hydrogen-bond donors (Lipinski definition) is 1. The van der Waals surface area contributed by atoms with Crippen LogP contribution in [0.2, 0.25) is 0 Å². The Morgan fingerprint density at radius 3 is 2.65 bits per heavy atom. The molecule has 31 heavy (non-hydrogen) atoms. The van der Waals surface area contributed by atoms with Gasteiger partial charge in [0.15, 0.2) is 11.3 Å². The number of benzene rings is 1. The van der Waals surface area contributed by atoms with E-state index in [0.717, 1.165) is 28.0 Å². The van der Waals surface area contributed by atoms with Crippen LogP contribution in [-0.4, -0.2) is 35.4 Å². The van der Waals surface area contributed by atoms with Crippen LogP contribution in [0.1, 0.15) is 23.0 Å². The van der Waals surface area contributed by atoms with Crippen molar-refractivity contribution in [3.8, 4) is 11.3 Å².